The number of carbonyl (C=O) groups is 1. The second kappa shape index (κ2) is 3.90. The number of hydrogen-bond acceptors (Lipinski definition) is 2. The Morgan fingerprint density at radius 3 is 2.83 bits per heavy atom. The Morgan fingerprint density at radius 1 is 1.58 bits per heavy atom. The lowest BCUT2D eigenvalue weighted by atomic mass is 10.1. The van der Waals surface area contributed by atoms with E-state index in [1.807, 2.05) is 25.1 Å². The number of ketones is 1. The lowest BCUT2D eigenvalue weighted by molar-refractivity contribution is -0.116. The Hall–Kier alpha value is -1.31. The summed E-state index contributed by atoms with van der Waals surface area (Å²) in [7, 11) is 0. The van der Waals surface area contributed by atoms with Gasteiger partial charge >= 0.3 is 0 Å². The van der Waals surface area contributed by atoms with Crippen LogP contribution in [0.5, 0.6) is 0 Å². The van der Waals surface area contributed by atoms with Gasteiger partial charge in [0.2, 0.25) is 0 Å². The van der Waals surface area contributed by atoms with Crippen LogP contribution >= 0.6 is 0 Å². The molecule has 0 aliphatic rings. The quantitative estimate of drug-likeness (QED) is 0.687. The first-order valence-corrected chi connectivity index (χ1v) is 3.88. The van der Waals surface area contributed by atoms with Crippen molar-refractivity contribution in [2.45, 2.75) is 20.3 Å². The molecule has 2 heteroatoms. The normalized spacial score (nSPS) is 11.7. The summed E-state index contributed by atoms with van der Waals surface area (Å²) in [5.41, 5.74) is 1.03. The second-order valence-electron chi connectivity index (χ2n) is 2.88. The molecule has 1 heterocycles. The van der Waals surface area contributed by atoms with Crippen LogP contribution in [0.3, 0.4) is 0 Å². The van der Waals surface area contributed by atoms with Gasteiger partial charge in [-0.25, -0.2) is 0 Å². The van der Waals surface area contributed by atoms with Gasteiger partial charge in [0, 0.05) is 6.42 Å². The molecule has 12 heavy (non-hydrogen) atoms. The van der Waals surface area contributed by atoms with Crippen molar-refractivity contribution >= 4 is 11.9 Å². The summed E-state index contributed by atoms with van der Waals surface area (Å²) in [6.07, 6.45) is 4.00. The average molecular weight is 164 g/mol. The summed E-state index contributed by atoms with van der Waals surface area (Å²) in [5.74, 6) is 0.976. The lowest BCUT2D eigenvalue weighted by Gasteiger charge is -1.94. The van der Waals surface area contributed by atoms with Gasteiger partial charge in [0.05, 0.1) is 6.26 Å². The smallest absolute Gasteiger partial charge is 0.133 e. The minimum atomic E-state index is 0.176. The van der Waals surface area contributed by atoms with Gasteiger partial charge in [-0.3, -0.25) is 4.79 Å². The molecule has 0 aromatic carbocycles. The molecule has 0 aliphatic carbocycles. The van der Waals surface area contributed by atoms with Gasteiger partial charge in [-0.2, -0.15) is 0 Å². The second-order valence-corrected chi connectivity index (χ2v) is 2.88. The zero-order valence-electron chi connectivity index (χ0n) is 7.33. The predicted molar refractivity (Wildman–Crippen MR) is 47.7 cm³/mol. The fraction of sp³-hybridized carbons (Fsp3) is 0.300. The van der Waals surface area contributed by atoms with Crippen molar-refractivity contribution in [2.75, 3.05) is 0 Å². The van der Waals surface area contributed by atoms with Crippen molar-refractivity contribution in [2.24, 2.45) is 0 Å². The molecule has 0 spiro atoms. The number of allylic oxidation sites excluding steroid dienone is 1. The molecule has 0 radical (unpaired) electrons. The van der Waals surface area contributed by atoms with Crippen LogP contribution < -0.4 is 0 Å². The van der Waals surface area contributed by atoms with Crippen LogP contribution in [0.4, 0.5) is 0 Å². The predicted octanol–water partition coefficient (Wildman–Crippen LogP) is 2.66. The Morgan fingerprint density at radius 2 is 2.33 bits per heavy atom. The average Bonchev–Trinajstić information content (AvgIpc) is 2.37. The summed E-state index contributed by atoms with van der Waals surface area (Å²) in [6, 6.07) is 3.69. The minimum Gasteiger partial charge on any atom is -0.465 e. The molecule has 0 aliphatic heterocycles. The van der Waals surface area contributed by atoms with E-state index in [9.17, 15) is 4.79 Å². The fourth-order valence-electron chi connectivity index (χ4n) is 1.06. The van der Waals surface area contributed by atoms with Crippen LogP contribution in [-0.2, 0) is 4.79 Å². The minimum absolute atomic E-state index is 0.176. The summed E-state index contributed by atoms with van der Waals surface area (Å²) >= 11 is 0. The zero-order valence-corrected chi connectivity index (χ0v) is 7.33. The highest BCUT2D eigenvalue weighted by molar-refractivity contribution is 5.79. The third-order valence-electron chi connectivity index (χ3n) is 1.46. The van der Waals surface area contributed by atoms with E-state index in [0.717, 1.165) is 11.3 Å². The molecular weight excluding hydrogens is 152 g/mol. The van der Waals surface area contributed by atoms with Crippen molar-refractivity contribution in [1.82, 2.24) is 0 Å². The van der Waals surface area contributed by atoms with Gasteiger partial charge in [-0.15, -0.1) is 0 Å². The topological polar surface area (TPSA) is 30.2 Å². The molecule has 0 amide bonds. The standard InChI is InChI=1S/C10H12O2/c1-8(6-9(2)11)7-10-4-3-5-12-10/h3-5,7H,6H2,1-2H3/b8-7+. The van der Waals surface area contributed by atoms with E-state index < -0.39 is 0 Å². The Bertz CT molecular complexity index is 281. The molecule has 0 atom stereocenters. The molecule has 0 unspecified atom stereocenters. The Balaban J connectivity index is 2.63. The van der Waals surface area contributed by atoms with Crippen molar-refractivity contribution in [3.8, 4) is 0 Å². The van der Waals surface area contributed by atoms with Crippen molar-refractivity contribution in [1.29, 1.82) is 0 Å². The van der Waals surface area contributed by atoms with Crippen LogP contribution in [0.25, 0.3) is 6.08 Å². The van der Waals surface area contributed by atoms with Crippen molar-refractivity contribution < 1.29 is 9.21 Å². The van der Waals surface area contributed by atoms with Gasteiger partial charge in [-0.1, -0.05) is 5.57 Å². The number of Topliss-reactive ketones (excluding diaryl/α,β-unsaturated/α-hetero) is 1. The first-order chi connectivity index (χ1) is 5.68. The SMILES string of the molecule is CC(=O)C/C(C)=C/c1ccco1. The molecule has 2 nitrogen and oxygen atoms in total. The molecule has 1 rings (SSSR count). The molecule has 1 aromatic rings. The molecule has 0 fully saturated rings. The molecule has 0 saturated heterocycles. The summed E-state index contributed by atoms with van der Waals surface area (Å²) in [4.78, 5) is 10.7. The monoisotopic (exact) mass is 164 g/mol. The number of carbonyl (C=O) groups excluding carboxylic acids is 1. The highest BCUT2D eigenvalue weighted by Gasteiger charge is 1.96. The van der Waals surface area contributed by atoms with Gasteiger partial charge in [-0.05, 0) is 32.1 Å². The van der Waals surface area contributed by atoms with E-state index >= 15 is 0 Å². The zero-order chi connectivity index (χ0) is 8.97. The van der Waals surface area contributed by atoms with Gasteiger partial charge in [0.1, 0.15) is 11.5 Å². The van der Waals surface area contributed by atoms with Crippen molar-refractivity contribution in [3.05, 3.63) is 29.7 Å². The molecule has 0 saturated carbocycles. The fourth-order valence-corrected chi connectivity index (χ4v) is 1.06. The van der Waals surface area contributed by atoms with E-state index in [1.165, 1.54) is 0 Å². The van der Waals surface area contributed by atoms with Crippen LogP contribution in [-0.4, -0.2) is 5.78 Å². The van der Waals surface area contributed by atoms with E-state index in [1.54, 1.807) is 13.2 Å². The maximum absolute atomic E-state index is 10.7. The van der Waals surface area contributed by atoms with Crippen LogP contribution in [0.2, 0.25) is 0 Å². The van der Waals surface area contributed by atoms with Gasteiger partial charge in [0.15, 0.2) is 0 Å². The van der Waals surface area contributed by atoms with Crippen LogP contribution in [0.15, 0.2) is 28.4 Å². The molecule has 64 valence electrons. The first-order valence-electron chi connectivity index (χ1n) is 3.88. The molecule has 0 bridgehead atoms. The lowest BCUT2D eigenvalue weighted by Crippen LogP contribution is -1.89. The van der Waals surface area contributed by atoms with Crippen LogP contribution in [0.1, 0.15) is 26.0 Å². The van der Waals surface area contributed by atoms with E-state index in [2.05, 4.69) is 0 Å². The summed E-state index contributed by atoms with van der Waals surface area (Å²) in [6.45, 7) is 3.50. The van der Waals surface area contributed by atoms with E-state index in [4.69, 9.17) is 4.42 Å². The summed E-state index contributed by atoms with van der Waals surface area (Å²) < 4.78 is 5.10. The van der Waals surface area contributed by atoms with E-state index in [0.29, 0.717) is 6.42 Å². The molecular formula is C10H12O2. The van der Waals surface area contributed by atoms with Crippen molar-refractivity contribution in [3.63, 3.8) is 0 Å². The molecule has 0 N–H and O–H groups in total. The number of furan rings is 1. The van der Waals surface area contributed by atoms with Gasteiger partial charge < -0.3 is 4.42 Å². The Kier molecular flexibility index (Phi) is 2.86. The highest BCUT2D eigenvalue weighted by atomic mass is 16.3. The maximum atomic E-state index is 10.7. The van der Waals surface area contributed by atoms with Gasteiger partial charge in [0.25, 0.3) is 0 Å². The maximum Gasteiger partial charge on any atom is 0.133 e. The molecule has 1 aromatic heterocycles. The third kappa shape index (κ3) is 2.74. The third-order valence-corrected chi connectivity index (χ3v) is 1.46. The summed E-state index contributed by atoms with van der Waals surface area (Å²) in [5, 5.41) is 0. The highest BCUT2D eigenvalue weighted by Crippen LogP contribution is 2.09. The number of hydrogen-bond donors (Lipinski definition) is 0. The van der Waals surface area contributed by atoms with Crippen LogP contribution in [0, 0.1) is 0 Å². The Labute approximate surface area is 71.9 Å². The largest absolute Gasteiger partial charge is 0.465 e. The first kappa shape index (κ1) is 8.78. The number of rotatable bonds is 3. The van der Waals surface area contributed by atoms with E-state index in [-0.39, 0.29) is 5.78 Å².